The van der Waals surface area contributed by atoms with E-state index >= 15 is 0 Å². The largest absolute Gasteiger partial charge is 0.355 e. The van der Waals surface area contributed by atoms with Crippen molar-refractivity contribution in [2.45, 2.75) is 19.9 Å². The fourth-order valence-corrected chi connectivity index (χ4v) is 3.59. The van der Waals surface area contributed by atoms with Crippen LogP contribution in [0.25, 0.3) is 10.9 Å². The third-order valence-corrected chi connectivity index (χ3v) is 4.90. The third-order valence-electron chi connectivity index (χ3n) is 4.41. The lowest BCUT2D eigenvalue weighted by molar-refractivity contribution is 0.351. The third kappa shape index (κ3) is 2.72. The van der Waals surface area contributed by atoms with Crippen molar-refractivity contribution in [3.8, 4) is 0 Å². The van der Waals surface area contributed by atoms with E-state index in [4.69, 9.17) is 0 Å². The molecule has 0 bridgehead atoms. The zero-order chi connectivity index (χ0) is 15.8. The van der Waals surface area contributed by atoms with E-state index < -0.39 is 0 Å². The Bertz CT molecular complexity index is 838. The molecule has 0 radical (unpaired) electrons. The summed E-state index contributed by atoms with van der Waals surface area (Å²) >= 11 is 3.54. The number of halogens is 1. The molecule has 118 valence electrons. The molecule has 4 rings (SSSR count). The van der Waals surface area contributed by atoms with E-state index in [1.807, 2.05) is 18.3 Å². The number of anilines is 1. The standard InChI is InChI=1S/C17H18BrN5/c1-2-16-19-5-6-22(16)8-12-9-23(10-12)17-14-7-13(18)3-4-15(14)20-11-21-17/h3-7,11-12H,2,8-10H2,1H3. The van der Waals surface area contributed by atoms with Crippen molar-refractivity contribution in [1.29, 1.82) is 0 Å². The molecule has 0 unspecified atom stereocenters. The van der Waals surface area contributed by atoms with Gasteiger partial charge in [-0.15, -0.1) is 0 Å². The smallest absolute Gasteiger partial charge is 0.139 e. The SMILES string of the molecule is CCc1nccn1CC1CN(c2ncnc3ccc(Br)cc23)C1. The summed E-state index contributed by atoms with van der Waals surface area (Å²) in [4.78, 5) is 15.6. The Kier molecular flexibility index (Phi) is 3.77. The highest BCUT2D eigenvalue weighted by molar-refractivity contribution is 9.10. The van der Waals surface area contributed by atoms with E-state index in [1.165, 1.54) is 5.82 Å². The first-order chi connectivity index (χ1) is 11.2. The van der Waals surface area contributed by atoms with Crippen molar-refractivity contribution in [3.05, 3.63) is 47.2 Å². The summed E-state index contributed by atoms with van der Waals surface area (Å²) < 4.78 is 3.33. The van der Waals surface area contributed by atoms with Crippen LogP contribution in [0.15, 0.2) is 41.4 Å². The molecule has 0 aliphatic carbocycles. The van der Waals surface area contributed by atoms with Gasteiger partial charge in [0.05, 0.1) is 5.52 Å². The lowest BCUT2D eigenvalue weighted by Gasteiger charge is -2.40. The van der Waals surface area contributed by atoms with Crippen LogP contribution in [0, 0.1) is 5.92 Å². The Balaban J connectivity index is 1.51. The Labute approximate surface area is 143 Å². The summed E-state index contributed by atoms with van der Waals surface area (Å²) in [6, 6.07) is 6.15. The second-order valence-electron chi connectivity index (χ2n) is 5.98. The maximum atomic E-state index is 4.51. The van der Waals surface area contributed by atoms with E-state index in [1.54, 1.807) is 6.33 Å². The van der Waals surface area contributed by atoms with Crippen LogP contribution in [0.1, 0.15) is 12.7 Å². The molecule has 23 heavy (non-hydrogen) atoms. The summed E-state index contributed by atoms with van der Waals surface area (Å²) in [6.45, 7) is 5.24. The van der Waals surface area contributed by atoms with Gasteiger partial charge in [-0.2, -0.15) is 0 Å². The molecule has 2 aromatic heterocycles. The molecular weight excluding hydrogens is 354 g/mol. The van der Waals surface area contributed by atoms with Gasteiger partial charge in [0.2, 0.25) is 0 Å². The molecule has 0 N–H and O–H groups in total. The number of hydrogen-bond acceptors (Lipinski definition) is 4. The minimum absolute atomic E-state index is 0.645. The fraction of sp³-hybridized carbons (Fsp3) is 0.353. The van der Waals surface area contributed by atoms with Gasteiger partial charge in [0, 0.05) is 54.2 Å². The number of benzene rings is 1. The molecule has 1 saturated heterocycles. The zero-order valence-electron chi connectivity index (χ0n) is 13.0. The van der Waals surface area contributed by atoms with E-state index in [0.29, 0.717) is 5.92 Å². The van der Waals surface area contributed by atoms with Crippen LogP contribution in [-0.4, -0.2) is 32.6 Å². The molecule has 1 aliphatic rings. The van der Waals surface area contributed by atoms with Crippen molar-refractivity contribution in [3.63, 3.8) is 0 Å². The summed E-state index contributed by atoms with van der Waals surface area (Å²) in [5, 5.41) is 1.11. The van der Waals surface area contributed by atoms with Gasteiger partial charge in [-0.05, 0) is 18.2 Å². The Hall–Kier alpha value is -1.95. The molecule has 6 heteroatoms. The van der Waals surface area contributed by atoms with Gasteiger partial charge >= 0.3 is 0 Å². The van der Waals surface area contributed by atoms with Crippen LogP contribution < -0.4 is 4.90 Å². The van der Waals surface area contributed by atoms with E-state index in [9.17, 15) is 0 Å². The molecule has 0 saturated carbocycles. The molecular formula is C17H18BrN5. The maximum absolute atomic E-state index is 4.51. The number of hydrogen-bond donors (Lipinski definition) is 0. The van der Waals surface area contributed by atoms with Crippen LogP contribution in [0.3, 0.4) is 0 Å². The average molecular weight is 372 g/mol. The van der Waals surface area contributed by atoms with Crippen molar-refractivity contribution in [2.75, 3.05) is 18.0 Å². The second-order valence-corrected chi connectivity index (χ2v) is 6.89. The molecule has 5 nitrogen and oxygen atoms in total. The van der Waals surface area contributed by atoms with E-state index in [2.05, 4.69) is 59.5 Å². The molecule has 0 amide bonds. The molecule has 1 aliphatic heterocycles. The molecule has 0 spiro atoms. The Morgan fingerprint density at radius 2 is 2.09 bits per heavy atom. The number of nitrogens with zero attached hydrogens (tertiary/aromatic N) is 5. The van der Waals surface area contributed by atoms with E-state index in [0.717, 1.165) is 47.2 Å². The fourth-order valence-electron chi connectivity index (χ4n) is 3.22. The number of imidazole rings is 1. The molecule has 0 atom stereocenters. The maximum Gasteiger partial charge on any atom is 0.139 e. The normalized spacial score (nSPS) is 15.1. The predicted octanol–water partition coefficient (Wildman–Crippen LogP) is 3.29. The number of aromatic nitrogens is 4. The minimum atomic E-state index is 0.645. The minimum Gasteiger partial charge on any atom is -0.355 e. The number of rotatable bonds is 4. The highest BCUT2D eigenvalue weighted by Gasteiger charge is 2.29. The van der Waals surface area contributed by atoms with E-state index in [-0.39, 0.29) is 0 Å². The van der Waals surface area contributed by atoms with Gasteiger partial charge in [-0.25, -0.2) is 15.0 Å². The molecule has 1 fully saturated rings. The van der Waals surface area contributed by atoms with Crippen molar-refractivity contribution in [2.24, 2.45) is 5.92 Å². The van der Waals surface area contributed by atoms with Crippen LogP contribution >= 0.6 is 15.9 Å². The van der Waals surface area contributed by atoms with Crippen molar-refractivity contribution < 1.29 is 0 Å². The number of aryl methyl sites for hydroxylation is 1. The van der Waals surface area contributed by atoms with Crippen LogP contribution in [0.2, 0.25) is 0 Å². The number of fused-ring (bicyclic) bond motifs is 1. The van der Waals surface area contributed by atoms with Gasteiger partial charge in [0.15, 0.2) is 0 Å². The molecule has 1 aromatic carbocycles. The monoisotopic (exact) mass is 371 g/mol. The van der Waals surface area contributed by atoms with Gasteiger partial charge in [0.1, 0.15) is 18.0 Å². The summed E-state index contributed by atoms with van der Waals surface area (Å²) in [5.41, 5.74) is 0.990. The van der Waals surface area contributed by atoms with Crippen LogP contribution in [0.5, 0.6) is 0 Å². The van der Waals surface area contributed by atoms with Gasteiger partial charge in [-0.3, -0.25) is 0 Å². The van der Waals surface area contributed by atoms with Crippen LogP contribution in [0.4, 0.5) is 5.82 Å². The summed E-state index contributed by atoms with van der Waals surface area (Å²) in [7, 11) is 0. The molecule has 3 aromatic rings. The first kappa shape index (κ1) is 14.6. The lowest BCUT2D eigenvalue weighted by Crippen LogP contribution is -2.49. The van der Waals surface area contributed by atoms with Crippen molar-refractivity contribution >= 4 is 32.7 Å². The highest BCUT2D eigenvalue weighted by atomic mass is 79.9. The van der Waals surface area contributed by atoms with Gasteiger partial charge < -0.3 is 9.47 Å². The topological polar surface area (TPSA) is 46.8 Å². The first-order valence-electron chi connectivity index (χ1n) is 7.90. The highest BCUT2D eigenvalue weighted by Crippen LogP contribution is 2.31. The predicted molar refractivity (Wildman–Crippen MR) is 94.5 cm³/mol. The summed E-state index contributed by atoms with van der Waals surface area (Å²) in [5.74, 6) is 2.85. The van der Waals surface area contributed by atoms with Gasteiger partial charge in [0.25, 0.3) is 0 Å². The lowest BCUT2D eigenvalue weighted by atomic mass is 9.99. The first-order valence-corrected chi connectivity index (χ1v) is 8.69. The molecule has 3 heterocycles. The van der Waals surface area contributed by atoms with Crippen molar-refractivity contribution in [1.82, 2.24) is 19.5 Å². The average Bonchev–Trinajstić information content (AvgIpc) is 2.97. The zero-order valence-corrected chi connectivity index (χ0v) is 14.6. The summed E-state index contributed by atoms with van der Waals surface area (Å²) in [6.07, 6.45) is 6.61. The van der Waals surface area contributed by atoms with Gasteiger partial charge in [-0.1, -0.05) is 22.9 Å². The Morgan fingerprint density at radius 3 is 2.91 bits per heavy atom. The van der Waals surface area contributed by atoms with Crippen LogP contribution in [-0.2, 0) is 13.0 Å². The quantitative estimate of drug-likeness (QED) is 0.705. The second kappa shape index (κ2) is 5.92. The Morgan fingerprint density at radius 1 is 1.22 bits per heavy atom.